The number of nitrogens with zero attached hydrogens (tertiary/aromatic N) is 2. The molecule has 1 aliphatic heterocycles. The lowest BCUT2D eigenvalue weighted by Crippen LogP contribution is -2.49. The van der Waals surface area contributed by atoms with Crippen molar-refractivity contribution in [3.8, 4) is 11.5 Å². The summed E-state index contributed by atoms with van der Waals surface area (Å²) < 4.78 is 16.5. The number of carbonyl (C=O) groups excluding carboxylic acids is 2. The summed E-state index contributed by atoms with van der Waals surface area (Å²) in [5, 5.41) is 2.73. The Morgan fingerprint density at radius 2 is 1.49 bits per heavy atom. The molecule has 0 atom stereocenters. The minimum absolute atomic E-state index is 0.0607. The largest absolute Gasteiger partial charge is 0.493 e. The minimum atomic E-state index is -0.510. The van der Waals surface area contributed by atoms with Crippen LogP contribution in [0.1, 0.15) is 16.7 Å². The maximum absolute atomic E-state index is 12.8. The quantitative estimate of drug-likeness (QED) is 0.453. The van der Waals surface area contributed by atoms with Gasteiger partial charge in [0, 0.05) is 39.3 Å². The predicted molar refractivity (Wildman–Crippen MR) is 140 cm³/mol. The van der Waals surface area contributed by atoms with Crippen LogP contribution in [0.5, 0.6) is 11.5 Å². The van der Waals surface area contributed by atoms with E-state index in [0.29, 0.717) is 24.6 Å². The van der Waals surface area contributed by atoms with Gasteiger partial charge in [0.2, 0.25) is 0 Å². The zero-order valence-corrected chi connectivity index (χ0v) is 21.1. The van der Waals surface area contributed by atoms with E-state index in [-0.39, 0.29) is 25.7 Å². The molecule has 0 spiro atoms. The number of hydrogen-bond donors (Lipinski definition) is 1. The summed E-state index contributed by atoms with van der Waals surface area (Å²) in [6, 6.07) is 25.2. The smallest absolute Gasteiger partial charge is 0.407 e. The van der Waals surface area contributed by atoms with Gasteiger partial charge in [-0.15, -0.1) is 0 Å². The van der Waals surface area contributed by atoms with Crippen LogP contribution in [0.15, 0.2) is 78.9 Å². The average molecular weight is 504 g/mol. The Morgan fingerprint density at radius 1 is 0.811 bits per heavy atom. The van der Waals surface area contributed by atoms with Crippen LogP contribution >= 0.6 is 0 Å². The van der Waals surface area contributed by atoms with E-state index in [0.717, 1.165) is 30.8 Å². The Bertz CT molecular complexity index is 1150. The summed E-state index contributed by atoms with van der Waals surface area (Å²) in [7, 11) is 1.55. The maximum Gasteiger partial charge on any atom is 0.407 e. The highest BCUT2D eigenvalue weighted by molar-refractivity contribution is 5.78. The van der Waals surface area contributed by atoms with Crippen LogP contribution in [-0.2, 0) is 29.2 Å². The number of nitrogens with one attached hydrogen (secondary N) is 1. The first-order valence-electron chi connectivity index (χ1n) is 12.4. The molecule has 1 fully saturated rings. The molecule has 0 aromatic heterocycles. The number of carbonyl (C=O) groups is 2. The van der Waals surface area contributed by atoms with E-state index in [1.165, 1.54) is 5.56 Å². The third-order valence-electron chi connectivity index (χ3n) is 6.20. The molecular weight excluding hydrogens is 470 g/mol. The molecular formula is C29H33N3O5. The second-order valence-corrected chi connectivity index (χ2v) is 8.83. The molecule has 37 heavy (non-hydrogen) atoms. The molecule has 0 bridgehead atoms. The van der Waals surface area contributed by atoms with E-state index in [1.807, 2.05) is 59.5 Å². The molecule has 0 aliphatic carbocycles. The highest BCUT2D eigenvalue weighted by Gasteiger charge is 2.22. The fraction of sp³-hybridized carbons (Fsp3) is 0.310. The van der Waals surface area contributed by atoms with Crippen molar-refractivity contribution in [3.63, 3.8) is 0 Å². The van der Waals surface area contributed by atoms with Crippen molar-refractivity contribution in [3.05, 3.63) is 95.6 Å². The first kappa shape index (κ1) is 26.0. The van der Waals surface area contributed by atoms with Crippen LogP contribution in [0.3, 0.4) is 0 Å². The van der Waals surface area contributed by atoms with Crippen LogP contribution in [0, 0.1) is 0 Å². The molecule has 2 amide bonds. The fourth-order valence-corrected chi connectivity index (χ4v) is 4.12. The SMILES string of the molecule is COc1ccc(CNC(=O)OCc2ccccc2)cc1OCC(=O)N1CCN(Cc2ccccc2)CC1. The molecule has 0 unspecified atom stereocenters. The van der Waals surface area contributed by atoms with Crippen molar-refractivity contribution in [2.75, 3.05) is 39.9 Å². The lowest BCUT2D eigenvalue weighted by Gasteiger charge is -2.34. The van der Waals surface area contributed by atoms with Crippen LogP contribution in [0.2, 0.25) is 0 Å². The van der Waals surface area contributed by atoms with Gasteiger partial charge in [0.1, 0.15) is 6.61 Å². The molecule has 3 aromatic rings. The molecule has 1 heterocycles. The van der Waals surface area contributed by atoms with Gasteiger partial charge in [0.05, 0.1) is 7.11 Å². The molecule has 4 rings (SSSR count). The Balaban J connectivity index is 1.23. The molecule has 8 nitrogen and oxygen atoms in total. The van der Waals surface area contributed by atoms with Gasteiger partial charge in [-0.25, -0.2) is 4.79 Å². The van der Waals surface area contributed by atoms with Crippen molar-refractivity contribution in [1.82, 2.24) is 15.1 Å². The highest BCUT2D eigenvalue weighted by Crippen LogP contribution is 2.28. The lowest BCUT2D eigenvalue weighted by molar-refractivity contribution is -0.135. The summed E-state index contributed by atoms with van der Waals surface area (Å²) in [6.45, 7) is 4.25. The molecule has 8 heteroatoms. The van der Waals surface area contributed by atoms with Crippen molar-refractivity contribution in [2.45, 2.75) is 19.7 Å². The van der Waals surface area contributed by atoms with Crippen molar-refractivity contribution in [1.29, 1.82) is 0 Å². The van der Waals surface area contributed by atoms with Gasteiger partial charge in [-0.1, -0.05) is 66.7 Å². The molecule has 1 saturated heterocycles. The topological polar surface area (TPSA) is 80.3 Å². The average Bonchev–Trinajstić information content (AvgIpc) is 2.95. The minimum Gasteiger partial charge on any atom is -0.493 e. The summed E-state index contributed by atoms with van der Waals surface area (Å²) in [6.07, 6.45) is -0.510. The van der Waals surface area contributed by atoms with E-state index >= 15 is 0 Å². The van der Waals surface area contributed by atoms with Crippen molar-refractivity contribution < 1.29 is 23.8 Å². The summed E-state index contributed by atoms with van der Waals surface area (Å²) in [4.78, 5) is 29.1. The van der Waals surface area contributed by atoms with Crippen molar-refractivity contribution in [2.24, 2.45) is 0 Å². The first-order chi connectivity index (χ1) is 18.1. The van der Waals surface area contributed by atoms with Crippen molar-refractivity contribution >= 4 is 12.0 Å². The van der Waals surface area contributed by atoms with Gasteiger partial charge in [0.15, 0.2) is 18.1 Å². The third-order valence-corrected chi connectivity index (χ3v) is 6.20. The zero-order chi connectivity index (χ0) is 25.9. The Kier molecular flexibility index (Phi) is 9.37. The zero-order valence-electron chi connectivity index (χ0n) is 21.1. The number of methoxy groups -OCH3 is 1. The predicted octanol–water partition coefficient (Wildman–Crippen LogP) is 3.84. The highest BCUT2D eigenvalue weighted by atomic mass is 16.5. The third kappa shape index (κ3) is 7.98. The molecule has 1 N–H and O–H groups in total. The van der Waals surface area contributed by atoms with Crippen LogP contribution in [-0.4, -0.2) is 61.7 Å². The fourth-order valence-electron chi connectivity index (χ4n) is 4.12. The number of rotatable bonds is 10. The summed E-state index contributed by atoms with van der Waals surface area (Å²) >= 11 is 0. The molecule has 0 saturated carbocycles. The number of ether oxygens (including phenoxy) is 3. The number of amides is 2. The number of alkyl carbamates (subject to hydrolysis) is 1. The number of hydrogen-bond acceptors (Lipinski definition) is 6. The van der Waals surface area contributed by atoms with E-state index in [4.69, 9.17) is 14.2 Å². The van der Waals surface area contributed by atoms with Gasteiger partial charge in [-0.2, -0.15) is 0 Å². The Morgan fingerprint density at radius 3 is 2.16 bits per heavy atom. The molecule has 0 radical (unpaired) electrons. The van der Waals surface area contributed by atoms with E-state index in [9.17, 15) is 9.59 Å². The summed E-state index contributed by atoms with van der Waals surface area (Å²) in [5.41, 5.74) is 2.99. The lowest BCUT2D eigenvalue weighted by atomic mass is 10.2. The van der Waals surface area contributed by atoms with E-state index in [1.54, 1.807) is 19.2 Å². The monoisotopic (exact) mass is 503 g/mol. The van der Waals surface area contributed by atoms with Gasteiger partial charge < -0.3 is 24.4 Å². The van der Waals surface area contributed by atoms with Crippen LogP contribution in [0.25, 0.3) is 0 Å². The summed E-state index contributed by atoms with van der Waals surface area (Å²) in [5.74, 6) is 0.917. The second-order valence-electron chi connectivity index (χ2n) is 8.83. The normalized spacial score (nSPS) is 13.6. The Labute approximate surface area is 217 Å². The number of piperazine rings is 1. The molecule has 3 aromatic carbocycles. The van der Waals surface area contributed by atoms with Crippen LogP contribution in [0.4, 0.5) is 4.79 Å². The van der Waals surface area contributed by atoms with Gasteiger partial charge >= 0.3 is 6.09 Å². The standard InChI is InChI=1S/C29H33N3O5/c1-35-26-13-12-25(19-30-29(34)37-21-24-10-6-3-7-11-24)18-27(26)36-22-28(33)32-16-14-31(15-17-32)20-23-8-4-2-5-9-23/h2-13,18H,14-17,19-22H2,1H3,(H,30,34). The van der Waals surface area contributed by atoms with E-state index in [2.05, 4.69) is 22.3 Å². The van der Waals surface area contributed by atoms with Gasteiger partial charge in [0.25, 0.3) is 5.91 Å². The maximum atomic E-state index is 12.8. The van der Waals surface area contributed by atoms with E-state index < -0.39 is 6.09 Å². The second kappa shape index (κ2) is 13.3. The van der Waals surface area contributed by atoms with Gasteiger partial charge in [-0.05, 0) is 28.8 Å². The molecule has 194 valence electrons. The Hall–Kier alpha value is -4.04. The first-order valence-corrected chi connectivity index (χ1v) is 12.4. The van der Waals surface area contributed by atoms with Gasteiger partial charge in [-0.3, -0.25) is 9.69 Å². The number of benzene rings is 3. The van der Waals surface area contributed by atoms with Crippen LogP contribution < -0.4 is 14.8 Å². The molecule has 1 aliphatic rings.